The summed E-state index contributed by atoms with van der Waals surface area (Å²) in [6.45, 7) is 2.08. The maximum Gasteiger partial charge on any atom is 0.127 e. The lowest BCUT2D eigenvalue weighted by molar-refractivity contribution is 0.709. The molecule has 3 rings (SSSR count). The number of rotatable bonds is 3. The van der Waals surface area contributed by atoms with Crippen LogP contribution in [0.1, 0.15) is 16.1 Å². The number of fused-ring (bicyclic) bond motifs is 1. The monoisotopic (exact) mass is 311 g/mol. The molecule has 1 aromatic heterocycles. The van der Waals surface area contributed by atoms with Gasteiger partial charge in [0.15, 0.2) is 0 Å². The summed E-state index contributed by atoms with van der Waals surface area (Å²) in [4.78, 5) is 1.22. The number of thioether (sulfide) groups is 1. The van der Waals surface area contributed by atoms with Gasteiger partial charge in [0.1, 0.15) is 10.5 Å². The van der Waals surface area contributed by atoms with Gasteiger partial charge in [-0.3, -0.25) is 0 Å². The molecule has 1 aliphatic heterocycles. The zero-order valence-corrected chi connectivity index (χ0v) is 12.7. The van der Waals surface area contributed by atoms with Gasteiger partial charge in [-0.2, -0.15) is 0 Å². The Balaban J connectivity index is 1.86. The summed E-state index contributed by atoms with van der Waals surface area (Å²) < 4.78 is 0. The van der Waals surface area contributed by atoms with Crippen molar-refractivity contribution in [2.45, 2.75) is 23.5 Å². The lowest BCUT2D eigenvalue weighted by Crippen LogP contribution is -2.16. The van der Waals surface area contributed by atoms with Crippen LogP contribution in [0.15, 0.2) is 22.5 Å². The molecule has 0 atom stereocenters. The fourth-order valence-electron chi connectivity index (χ4n) is 2.26. The highest BCUT2D eigenvalue weighted by atomic mass is 35.5. The van der Waals surface area contributed by atoms with Gasteiger partial charge in [-0.1, -0.05) is 17.7 Å². The van der Waals surface area contributed by atoms with Gasteiger partial charge < -0.3 is 5.32 Å². The topological polar surface area (TPSA) is 37.8 Å². The van der Waals surface area contributed by atoms with Crippen LogP contribution in [-0.4, -0.2) is 23.3 Å². The molecule has 0 unspecified atom stereocenters. The number of halogens is 1. The first-order chi connectivity index (χ1) is 9.34. The van der Waals surface area contributed by atoms with Gasteiger partial charge in [-0.25, -0.2) is 0 Å². The van der Waals surface area contributed by atoms with Crippen molar-refractivity contribution in [3.8, 4) is 0 Å². The van der Waals surface area contributed by atoms with E-state index in [2.05, 4.69) is 21.6 Å². The third-order valence-corrected chi connectivity index (χ3v) is 5.66. The van der Waals surface area contributed by atoms with E-state index in [9.17, 15) is 0 Å². The fraction of sp³-hybridized carbons (Fsp3) is 0.385. The first-order valence-electron chi connectivity index (χ1n) is 6.23. The van der Waals surface area contributed by atoms with Crippen LogP contribution in [0.5, 0.6) is 0 Å². The van der Waals surface area contributed by atoms with Crippen molar-refractivity contribution in [3.05, 3.63) is 38.8 Å². The van der Waals surface area contributed by atoms with Crippen LogP contribution in [0.2, 0.25) is 5.02 Å². The van der Waals surface area contributed by atoms with Crippen molar-refractivity contribution >= 4 is 34.7 Å². The molecule has 0 aliphatic carbocycles. The summed E-state index contributed by atoms with van der Waals surface area (Å²) in [6.07, 6.45) is 2.13. The van der Waals surface area contributed by atoms with Crippen LogP contribution in [0.4, 0.5) is 0 Å². The second kappa shape index (κ2) is 6.22. The molecule has 0 spiro atoms. The minimum Gasteiger partial charge on any atom is -0.316 e. The highest BCUT2D eigenvalue weighted by molar-refractivity contribution is 7.98. The maximum atomic E-state index is 6.38. The molecule has 0 radical (unpaired) electrons. The van der Waals surface area contributed by atoms with Crippen molar-refractivity contribution in [2.24, 2.45) is 0 Å². The maximum absolute atomic E-state index is 6.38. The van der Waals surface area contributed by atoms with E-state index in [4.69, 9.17) is 11.6 Å². The van der Waals surface area contributed by atoms with E-state index in [1.54, 1.807) is 28.6 Å². The van der Waals surface area contributed by atoms with E-state index in [1.807, 2.05) is 6.07 Å². The second-order valence-electron chi connectivity index (χ2n) is 4.39. The summed E-state index contributed by atoms with van der Waals surface area (Å²) in [7, 11) is 0. The molecule has 0 saturated carbocycles. The van der Waals surface area contributed by atoms with Gasteiger partial charge in [0, 0.05) is 4.90 Å². The smallest absolute Gasteiger partial charge is 0.127 e. The van der Waals surface area contributed by atoms with Crippen molar-refractivity contribution in [1.29, 1.82) is 0 Å². The third-order valence-electron chi connectivity index (χ3n) is 3.18. The second-order valence-corrected chi connectivity index (χ2v) is 6.70. The summed E-state index contributed by atoms with van der Waals surface area (Å²) in [5.41, 5.74) is 4.61. The molecule has 6 heteroatoms. The Morgan fingerprint density at radius 1 is 1.32 bits per heavy atom. The summed E-state index contributed by atoms with van der Waals surface area (Å²) in [5.74, 6) is 0.842. The Labute approximate surface area is 125 Å². The Bertz CT molecular complexity index is 557. The molecular formula is C13H14ClN3S2. The largest absolute Gasteiger partial charge is 0.316 e. The number of hydrogen-bond donors (Lipinski definition) is 1. The van der Waals surface area contributed by atoms with Crippen LogP contribution < -0.4 is 5.32 Å². The van der Waals surface area contributed by atoms with Crippen LogP contribution >= 0.6 is 34.7 Å². The molecule has 1 aromatic carbocycles. The fourth-order valence-corrected chi connectivity index (χ4v) is 4.30. The highest BCUT2D eigenvalue weighted by Crippen LogP contribution is 2.36. The summed E-state index contributed by atoms with van der Waals surface area (Å²) in [6, 6.07) is 4.19. The molecule has 0 bridgehead atoms. The quantitative estimate of drug-likeness (QED) is 0.884. The van der Waals surface area contributed by atoms with Crippen molar-refractivity contribution in [3.63, 3.8) is 0 Å². The molecule has 1 N–H and O–H groups in total. The Morgan fingerprint density at radius 2 is 2.21 bits per heavy atom. The van der Waals surface area contributed by atoms with Crippen LogP contribution in [0.25, 0.3) is 0 Å². The van der Waals surface area contributed by atoms with Crippen molar-refractivity contribution in [2.75, 3.05) is 13.1 Å². The number of nitrogens with one attached hydrogen (secondary N) is 1. The van der Waals surface area contributed by atoms with Crippen molar-refractivity contribution < 1.29 is 0 Å². The van der Waals surface area contributed by atoms with Gasteiger partial charge in [0.05, 0.1) is 10.8 Å². The zero-order chi connectivity index (χ0) is 13.1. The Hall–Kier alpha value is -0.620. The lowest BCUT2D eigenvalue weighted by atomic mass is 10.0. The van der Waals surface area contributed by atoms with E-state index in [0.717, 1.165) is 41.7 Å². The molecule has 0 fully saturated rings. The molecule has 0 amide bonds. The zero-order valence-electron chi connectivity index (χ0n) is 10.4. The minimum absolute atomic E-state index is 0.842. The predicted octanol–water partition coefficient (Wildman–Crippen LogP) is 3.17. The first-order valence-corrected chi connectivity index (χ1v) is 8.48. The Kier molecular flexibility index (Phi) is 4.38. The van der Waals surface area contributed by atoms with Gasteiger partial charge in [-0.05, 0) is 43.1 Å². The van der Waals surface area contributed by atoms with E-state index >= 15 is 0 Å². The predicted molar refractivity (Wildman–Crippen MR) is 81.2 cm³/mol. The molecular weight excluding hydrogens is 298 g/mol. The molecule has 3 nitrogen and oxygen atoms in total. The van der Waals surface area contributed by atoms with Crippen LogP contribution in [-0.2, 0) is 18.6 Å². The number of hydrogen-bond acceptors (Lipinski definition) is 5. The van der Waals surface area contributed by atoms with E-state index in [-0.39, 0.29) is 0 Å². The van der Waals surface area contributed by atoms with E-state index < -0.39 is 0 Å². The molecule has 2 aromatic rings. The number of aromatic nitrogens is 2. The SMILES string of the molecule is Clc1ccc2c(c1SCc1nncs1)CCNCC2. The van der Waals surface area contributed by atoms with Gasteiger partial charge in [0.2, 0.25) is 0 Å². The average molecular weight is 312 g/mol. The minimum atomic E-state index is 0.842. The first kappa shape index (κ1) is 13.4. The molecule has 19 heavy (non-hydrogen) atoms. The normalized spacial score (nSPS) is 15.0. The van der Waals surface area contributed by atoms with E-state index in [1.165, 1.54) is 16.0 Å². The average Bonchev–Trinajstić information content (AvgIpc) is 2.82. The number of benzene rings is 1. The molecule has 2 heterocycles. The molecule has 100 valence electrons. The highest BCUT2D eigenvalue weighted by Gasteiger charge is 2.15. The third kappa shape index (κ3) is 3.11. The Morgan fingerprint density at radius 3 is 3.05 bits per heavy atom. The summed E-state index contributed by atoms with van der Waals surface area (Å²) >= 11 is 9.75. The van der Waals surface area contributed by atoms with Crippen LogP contribution in [0.3, 0.4) is 0 Å². The van der Waals surface area contributed by atoms with Gasteiger partial charge in [0.25, 0.3) is 0 Å². The van der Waals surface area contributed by atoms with E-state index in [0.29, 0.717) is 0 Å². The molecule has 0 saturated heterocycles. The van der Waals surface area contributed by atoms with Gasteiger partial charge >= 0.3 is 0 Å². The lowest BCUT2D eigenvalue weighted by Gasteiger charge is -2.13. The van der Waals surface area contributed by atoms with Gasteiger partial charge in [-0.15, -0.1) is 33.3 Å². The number of nitrogens with zero attached hydrogens (tertiary/aromatic N) is 2. The standard InChI is InChI=1S/C13H14ClN3S2/c14-11-2-1-9-3-5-15-6-4-10(9)13(11)18-7-12-17-16-8-19-12/h1-2,8,15H,3-7H2. The summed E-state index contributed by atoms with van der Waals surface area (Å²) in [5, 5.41) is 13.3. The van der Waals surface area contributed by atoms with Crippen molar-refractivity contribution in [1.82, 2.24) is 15.5 Å². The van der Waals surface area contributed by atoms with Crippen LogP contribution in [0, 0.1) is 0 Å². The molecule has 1 aliphatic rings.